The van der Waals surface area contributed by atoms with Crippen molar-refractivity contribution in [1.29, 1.82) is 0 Å². The Morgan fingerprint density at radius 2 is 1.38 bits per heavy atom. The predicted octanol–water partition coefficient (Wildman–Crippen LogP) is 3.71. The van der Waals surface area contributed by atoms with Crippen LogP contribution in [0.5, 0.6) is 23.0 Å². The van der Waals surface area contributed by atoms with Crippen LogP contribution in [-0.2, 0) is 6.42 Å². The van der Waals surface area contributed by atoms with E-state index in [-0.39, 0.29) is 6.04 Å². The molecule has 1 N–H and O–H groups in total. The summed E-state index contributed by atoms with van der Waals surface area (Å²) in [6, 6.07) is 10.5. The molecule has 0 spiro atoms. The van der Waals surface area contributed by atoms with Crippen LogP contribution in [0.3, 0.4) is 0 Å². The lowest BCUT2D eigenvalue weighted by Crippen LogP contribution is -2.33. The predicted molar refractivity (Wildman–Crippen MR) is 102 cm³/mol. The van der Waals surface area contributed by atoms with Crippen LogP contribution >= 0.6 is 0 Å². The highest BCUT2D eigenvalue weighted by Gasteiger charge is 2.27. The van der Waals surface area contributed by atoms with Crippen LogP contribution in [-0.4, -0.2) is 35.0 Å². The van der Waals surface area contributed by atoms with Gasteiger partial charge < -0.3 is 24.3 Å². The van der Waals surface area contributed by atoms with Gasteiger partial charge in [0.25, 0.3) is 0 Å². The minimum absolute atomic E-state index is 0.208. The van der Waals surface area contributed by atoms with Crippen molar-refractivity contribution in [3.8, 4) is 23.0 Å². The van der Waals surface area contributed by atoms with Crippen molar-refractivity contribution < 1.29 is 18.9 Å². The molecule has 5 nitrogen and oxygen atoms in total. The molecule has 0 aromatic heterocycles. The molecular formula is C21H27NO4. The van der Waals surface area contributed by atoms with Crippen molar-refractivity contribution in [3.63, 3.8) is 0 Å². The SMILES string of the molecule is COc1ccc(CC2NCC(C)c3cc(OC)c(OC)cc32)cc1OC. The van der Waals surface area contributed by atoms with Crippen molar-refractivity contribution >= 4 is 0 Å². The summed E-state index contributed by atoms with van der Waals surface area (Å²) in [6.07, 6.45) is 0.857. The number of rotatable bonds is 6. The monoisotopic (exact) mass is 357 g/mol. The van der Waals surface area contributed by atoms with Gasteiger partial charge in [-0.05, 0) is 53.3 Å². The third-order valence-corrected chi connectivity index (χ3v) is 5.05. The van der Waals surface area contributed by atoms with Crippen LogP contribution in [0, 0.1) is 0 Å². The van der Waals surface area contributed by atoms with Gasteiger partial charge in [0.05, 0.1) is 28.4 Å². The van der Waals surface area contributed by atoms with Crippen LogP contribution in [0.2, 0.25) is 0 Å². The van der Waals surface area contributed by atoms with Crippen molar-refractivity contribution in [3.05, 3.63) is 47.0 Å². The number of benzene rings is 2. The van der Waals surface area contributed by atoms with E-state index in [1.807, 2.05) is 12.1 Å². The molecule has 2 atom stereocenters. The van der Waals surface area contributed by atoms with Crippen molar-refractivity contribution in [2.24, 2.45) is 0 Å². The molecule has 0 bridgehead atoms. The minimum Gasteiger partial charge on any atom is -0.493 e. The van der Waals surface area contributed by atoms with E-state index in [0.29, 0.717) is 5.92 Å². The number of fused-ring (bicyclic) bond motifs is 1. The fraction of sp³-hybridized carbons (Fsp3) is 0.429. The van der Waals surface area contributed by atoms with E-state index < -0.39 is 0 Å². The first kappa shape index (κ1) is 18.4. The lowest BCUT2D eigenvalue weighted by Gasteiger charge is -2.32. The van der Waals surface area contributed by atoms with Gasteiger partial charge in [-0.1, -0.05) is 13.0 Å². The largest absolute Gasteiger partial charge is 0.493 e. The summed E-state index contributed by atoms with van der Waals surface area (Å²) in [4.78, 5) is 0. The maximum absolute atomic E-state index is 5.51. The van der Waals surface area contributed by atoms with Gasteiger partial charge in [0.2, 0.25) is 0 Å². The van der Waals surface area contributed by atoms with E-state index in [1.165, 1.54) is 16.7 Å². The number of ether oxygens (including phenoxy) is 4. The summed E-state index contributed by atoms with van der Waals surface area (Å²) in [7, 11) is 6.66. The second-order valence-electron chi connectivity index (χ2n) is 6.59. The molecule has 1 aliphatic heterocycles. The Bertz CT molecular complexity index is 775. The molecule has 26 heavy (non-hydrogen) atoms. The molecule has 0 fully saturated rings. The van der Waals surface area contributed by atoms with Crippen molar-refractivity contribution in [2.75, 3.05) is 35.0 Å². The molecule has 3 rings (SSSR count). The molecule has 2 aromatic carbocycles. The highest BCUT2D eigenvalue weighted by atomic mass is 16.5. The second-order valence-corrected chi connectivity index (χ2v) is 6.59. The molecule has 5 heteroatoms. The number of methoxy groups -OCH3 is 4. The molecule has 0 saturated carbocycles. The zero-order chi connectivity index (χ0) is 18.7. The Morgan fingerprint density at radius 1 is 0.808 bits per heavy atom. The third-order valence-electron chi connectivity index (χ3n) is 5.05. The lowest BCUT2D eigenvalue weighted by atomic mass is 9.85. The van der Waals surface area contributed by atoms with Crippen LogP contribution in [0.15, 0.2) is 30.3 Å². The Balaban J connectivity index is 1.95. The van der Waals surface area contributed by atoms with Gasteiger partial charge in [0.1, 0.15) is 0 Å². The Labute approximate surface area is 155 Å². The summed E-state index contributed by atoms with van der Waals surface area (Å²) < 4.78 is 21.8. The molecule has 2 aromatic rings. The van der Waals surface area contributed by atoms with Gasteiger partial charge >= 0.3 is 0 Å². The number of nitrogens with one attached hydrogen (secondary N) is 1. The molecular weight excluding hydrogens is 330 g/mol. The molecule has 0 amide bonds. The summed E-state index contributed by atoms with van der Waals surface area (Å²) in [5.74, 6) is 3.46. The molecule has 0 radical (unpaired) electrons. The maximum atomic E-state index is 5.51. The van der Waals surface area contributed by atoms with E-state index in [2.05, 4.69) is 30.4 Å². The number of hydrogen-bond donors (Lipinski definition) is 1. The molecule has 1 heterocycles. The standard InChI is InChI=1S/C21H27NO4/c1-13-12-22-17(8-14-6-7-18(23-2)19(9-14)24-3)16-11-21(26-5)20(25-4)10-15(13)16/h6-7,9-11,13,17,22H,8,12H2,1-5H3. The summed E-state index contributed by atoms with van der Waals surface area (Å²) in [5.41, 5.74) is 3.76. The van der Waals surface area contributed by atoms with Crippen LogP contribution in [0.1, 0.15) is 35.6 Å². The molecule has 140 valence electrons. The molecule has 2 unspecified atom stereocenters. The Hall–Kier alpha value is -2.40. The zero-order valence-electron chi connectivity index (χ0n) is 16.1. The second kappa shape index (κ2) is 7.87. The summed E-state index contributed by atoms with van der Waals surface area (Å²) in [5, 5.41) is 3.66. The summed E-state index contributed by atoms with van der Waals surface area (Å²) in [6.45, 7) is 3.16. The topological polar surface area (TPSA) is 49.0 Å². The van der Waals surface area contributed by atoms with E-state index in [4.69, 9.17) is 18.9 Å². The van der Waals surface area contributed by atoms with Gasteiger partial charge in [-0.15, -0.1) is 0 Å². The van der Waals surface area contributed by atoms with Crippen LogP contribution in [0.4, 0.5) is 0 Å². The van der Waals surface area contributed by atoms with E-state index in [1.54, 1.807) is 28.4 Å². The van der Waals surface area contributed by atoms with Gasteiger partial charge in [0.15, 0.2) is 23.0 Å². The first-order valence-electron chi connectivity index (χ1n) is 8.81. The maximum Gasteiger partial charge on any atom is 0.161 e. The lowest BCUT2D eigenvalue weighted by molar-refractivity contribution is 0.350. The molecule has 0 saturated heterocycles. The zero-order valence-corrected chi connectivity index (χ0v) is 16.1. The minimum atomic E-state index is 0.208. The van der Waals surface area contributed by atoms with Crippen LogP contribution < -0.4 is 24.3 Å². The first-order valence-corrected chi connectivity index (χ1v) is 8.81. The Morgan fingerprint density at radius 3 is 2.00 bits per heavy atom. The highest BCUT2D eigenvalue weighted by molar-refractivity contribution is 5.51. The first-order chi connectivity index (χ1) is 12.6. The van der Waals surface area contributed by atoms with Gasteiger partial charge in [-0.3, -0.25) is 0 Å². The molecule has 0 aliphatic carbocycles. The normalized spacial score (nSPS) is 18.8. The van der Waals surface area contributed by atoms with Gasteiger partial charge in [-0.2, -0.15) is 0 Å². The third kappa shape index (κ3) is 3.44. The fourth-order valence-corrected chi connectivity index (χ4v) is 3.60. The summed E-state index contributed by atoms with van der Waals surface area (Å²) >= 11 is 0. The Kier molecular flexibility index (Phi) is 5.57. The smallest absolute Gasteiger partial charge is 0.161 e. The average molecular weight is 357 g/mol. The fourth-order valence-electron chi connectivity index (χ4n) is 3.60. The van der Waals surface area contributed by atoms with Gasteiger partial charge in [0, 0.05) is 12.6 Å². The van der Waals surface area contributed by atoms with E-state index in [0.717, 1.165) is 36.0 Å². The van der Waals surface area contributed by atoms with Gasteiger partial charge in [-0.25, -0.2) is 0 Å². The van der Waals surface area contributed by atoms with Crippen molar-refractivity contribution in [1.82, 2.24) is 5.32 Å². The average Bonchev–Trinajstić information content (AvgIpc) is 2.69. The van der Waals surface area contributed by atoms with Crippen LogP contribution in [0.25, 0.3) is 0 Å². The van der Waals surface area contributed by atoms with Crippen molar-refractivity contribution in [2.45, 2.75) is 25.3 Å². The highest BCUT2D eigenvalue weighted by Crippen LogP contribution is 2.40. The number of hydrogen-bond acceptors (Lipinski definition) is 5. The van der Waals surface area contributed by atoms with E-state index >= 15 is 0 Å². The quantitative estimate of drug-likeness (QED) is 0.854. The van der Waals surface area contributed by atoms with E-state index in [9.17, 15) is 0 Å². The molecule has 1 aliphatic rings.